The zero-order chi connectivity index (χ0) is 15.5. The minimum absolute atomic E-state index is 0.0912. The summed E-state index contributed by atoms with van der Waals surface area (Å²) in [5.41, 5.74) is 0.624. The maximum Gasteiger partial charge on any atom is 0.328 e. The first-order chi connectivity index (χ1) is 9.90. The van der Waals surface area contributed by atoms with Gasteiger partial charge in [0.25, 0.3) is 0 Å². The number of hydrogen-bond donors (Lipinski definition) is 2. The van der Waals surface area contributed by atoms with E-state index in [1.165, 1.54) is 18.2 Å². The number of nitrogens with one attached hydrogen (secondary N) is 1. The number of benzene rings is 1. The summed E-state index contributed by atoms with van der Waals surface area (Å²) in [6.45, 7) is 0. The highest BCUT2D eigenvalue weighted by Crippen LogP contribution is 2.24. The standard InChI is InChI=1S/C14H17NO5S/c1-20-12-8-11(9-12)15-21(18,19)13-5-2-10(3-6-13)4-7-14(16)17/h2-7,11-12,15H,8-9H2,1H3,(H,16,17)/b7-4+. The summed E-state index contributed by atoms with van der Waals surface area (Å²) >= 11 is 0. The van der Waals surface area contributed by atoms with Crippen LogP contribution in [0.15, 0.2) is 35.2 Å². The molecule has 2 N–H and O–H groups in total. The van der Waals surface area contributed by atoms with E-state index >= 15 is 0 Å². The fourth-order valence-corrected chi connectivity index (χ4v) is 3.33. The van der Waals surface area contributed by atoms with E-state index in [4.69, 9.17) is 9.84 Å². The summed E-state index contributed by atoms with van der Waals surface area (Å²) in [4.78, 5) is 10.6. The van der Waals surface area contributed by atoms with Crippen LogP contribution in [0.3, 0.4) is 0 Å². The van der Waals surface area contributed by atoms with Gasteiger partial charge in [0.1, 0.15) is 0 Å². The second kappa shape index (κ2) is 6.38. The van der Waals surface area contributed by atoms with E-state index in [1.807, 2.05) is 0 Å². The van der Waals surface area contributed by atoms with Crippen LogP contribution in [0.1, 0.15) is 18.4 Å². The first kappa shape index (κ1) is 15.7. The van der Waals surface area contributed by atoms with Gasteiger partial charge in [-0.3, -0.25) is 0 Å². The highest BCUT2D eigenvalue weighted by Gasteiger charge is 2.32. The van der Waals surface area contributed by atoms with Gasteiger partial charge in [-0.05, 0) is 36.6 Å². The summed E-state index contributed by atoms with van der Waals surface area (Å²) in [5, 5.41) is 8.53. The van der Waals surface area contributed by atoms with Gasteiger partial charge in [-0.1, -0.05) is 12.1 Å². The van der Waals surface area contributed by atoms with E-state index in [-0.39, 0.29) is 17.0 Å². The summed E-state index contributed by atoms with van der Waals surface area (Å²) in [6, 6.07) is 5.94. The van der Waals surface area contributed by atoms with E-state index in [2.05, 4.69) is 4.72 Å². The molecule has 21 heavy (non-hydrogen) atoms. The quantitative estimate of drug-likeness (QED) is 0.771. The van der Waals surface area contributed by atoms with Crippen LogP contribution >= 0.6 is 0 Å². The van der Waals surface area contributed by atoms with Crippen molar-refractivity contribution < 1.29 is 23.1 Å². The highest BCUT2D eigenvalue weighted by atomic mass is 32.2. The Morgan fingerprint density at radius 2 is 1.95 bits per heavy atom. The number of aliphatic carboxylic acids is 1. The Bertz CT molecular complexity index is 630. The summed E-state index contributed by atoms with van der Waals surface area (Å²) in [7, 11) is -1.94. The van der Waals surface area contributed by atoms with E-state index in [9.17, 15) is 13.2 Å². The number of rotatable bonds is 6. The first-order valence-electron chi connectivity index (χ1n) is 6.47. The van der Waals surface area contributed by atoms with Crippen molar-refractivity contribution in [2.24, 2.45) is 0 Å². The summed E-state index contributed by atoms with van der Waals surface area (Å²) < 4.78 is 32.0. The van der Waals surface area contributed by atoms with Crippen LogP contribution < -0.4 is 4.72 Å². The van der Waals surface area contributed by atoms with Crippen molar-refractivity contribution in [3.8, 4) is 0 Å². The lowest BCUT2D eigenvalue weighted by Gasteiger charge is -2.34. The lowest BCUT2D eigenvalue weighted by atomic mass is 9.90. The van der Waals surface area contributed by atoms with Crippen LogP contribution in [0.5, 0.6) is 0 Å². The molecule has 0 spiro atoms. The van der Waals surface area contributed by atoms with Crippen LogP contribution in [-0.4, -0.2) is 38.7 Å². The fraction of sp³-hybridized carbons (Fsp3) is 0.357. The predicted molar refractivity (Wildman–Crippen MR) is 77.3 cm³/mol. The Hall–Kier alpha value is -1.70. The Kier molecular flexibility index (Phi) is 4.76. The molecule has 1 aromatic carbocycles. The maximum atomic E-state index is 12.1. The molecule has 0 bridgehead atoms. The van der Waals surface area contributed by atoms with Crippen molar-refractivity contribution in [2.75, 3.05) is 7.11 Å². The molecule has 114 valence electrons. The molecule has 2 rings (SSSR count). The largest absolute Gasteiger partial charge is 0.478 e. The molecule has 1 fully saturated rings. The van der Waals surface area contributed by atoms with Crippen LogP contribution in [0.4, 0.5) is 0 Å². The number of carboxylic acid groups (broad SMARTS) is 1. The third kappa shape index (κ3) is 4.13. The molecule has 0 unspecified atom stereocenters. The van der Waals surface area contributed by atoms with Crippen molar-refractivity contribution in [1.29, 1.82) is 0 Å². The molecule has 0 aromatic heterocycles. The van der Waals surface area contributed by atoms with Crippen molar-refractivity contribution in [2.45, 2.75) is 29.9 Å². The minimum Gasteiger partial charge on any atom is -0.478 e. The smallest absolute Gasteiger partial charge is 0.328 e. The lowest BCUT2D eigenvalue weighted by molar-refractivity contribution is -0.131. The Morgan fingerprint density at radius 1 is 1.33 bits per heavy atom. The normalized spacial score (nSPS) is 22.1. The zero-order valence-electron chi connectivity index (χ0n) is 11.5. The molecule has 0 amide bonds. The zero-order valence-corrected chi connectivity index (χ0v) is 12.3. The van der Waals surface area contributed by atoms with Crippen molar-refractivity contribution in [1.82, 2.24) is 4.72 Å². The van der Waals surface area contributed by atoms with Crippen LogP contribution in [-0.2, 0) is 19.6 Å². The molecule has 6 nitrogen and oxygen atoms in total. The topological polar surface area (TPSA) is 92.7 Å². The van der Waals surface area contributed by atoms with Gasteiger partial charge in [0, 0.05) is 19.2 Å². The van der Waals surface area contributed by atoms with Gasteiger partial charge in [-0.25, -0.2) is 17.9 Å². The van der Waals surface area contributed by atoms with Crippen LogP contribution in [0.2, 0.25) is 0 Å². The van der Waals surface area contributed by atoms with E-state index in [1.54, 1.807) is 19.2 Å². The second-order valence-electron chi connectivity index (χ2n) is 4.89. The average Bonchev–Trinajstić information content (AvgIpc) is 2.40. The van der Waals surface area contributed by atoms with Crippen molar-refractivity contribution in [3.63, 3.8) is 0 Å². The molecule has 1 aromatic rings. The second-order valence-corrected chi connectivity index (χ2v) is 6.60. The molecule has 0 heterocycles. The molecule has 0 aliphatic heterocycles. The number of sulfonamides is 1. The van der Waals surface area contributed by atoms with Gasteiger partial charge in [0.05, 0.1) is 11.0 Å². The number of methoxy groups -OCH3 is 1. The minimum atomic E-state index is -3.55. The first-order valence-corrected chi connectivity index (χ1v) is 7.95. The van der Waals surface area contributed by atoms with E-state index < -0.39 is 16.0 Å². The molecule has 0 saturated heterocycles. The van der Waals surface area contributed by atoms with Gasteiger partial charge >= 0.3 is 5.97 Å². The number of carboxylic acids is 1. The van der Waals surface area contributed by atoms with E-state index in [0.717, 1.165) is 6.08 Å². The third-order valence-electron chi connectivity index (χ3n) is 3.36. The van der Waals surface area contributed by atoms with Crippen LogP contribution in [0, 0.1) is 0 Å². The molecule has 1 aliphatic carbocycles. The molecule has 7 heteroatoms. The van der Waals surface area contributed by atoms with Gasteiger partial charge in [0.15, 0.2) is 0 Å². The average molecular weight is 311 g/mol. The Labute approximate surface area is 123 Å². The third-order valence-corrected chi connectivity index (χ3v) is 4.90. The SMILES string of the molecule is COC1CC(NS(=O)(=O)c2ccc(/C=C/C(=O)O)cc2)C1. The van der Waals surface area contributed by atoms with Crippen molar-refractivity contribution >= 4 is 22.1 Å². The summed E-state index contributed by atoms with van der Waals surface area (Å²) in [6.07, 6.45) is 3.88. The molecule has 0 atom stereocenters. The van der Waals surface area contributed by atoms with Crippen molar-refractivity contribution in [3.05, 3.63) is 35.9 Å². The number of carbonyl (C=O) groups is 1. The lowest BCUT2D eigenvalue weighted by Crippen LogP contribution is -2.47. The van der Waals surface area contributed by atoms with Gasteiger partial charge in [0.2, 0.25) is 10.0 Å². The predicted octanol–water partition coefficient (Wildman–Crippen LogP) is 1.24. The molecule has 0 radical (unpaired) electrons. The molecular formula is C14H17NO5S. The number of ether oxygens (including phenoxy) is 1. The Morgan fingerprint density at radius 3 is 2.48 bits per heavy atom. The van der Waals surface area contributed by atoms with Gasteiger partial charge in [-0.15, -0.1) is 0 Å². The molecular weight excluding hydrogens is 294 g/mol. The molecule has 1 saturated carbocycles. The summed E-state index contributed by atoms with van der Waals surface area (Å²) in [5.74, 6) is -1.05. The maximum absolute atomic E-state index is 12.1. The number of hydrogen-bond acceptors (Lipinski definition) is 4. The van der Waals surface area contributed by atoms with Gasteiger partial charge in [-0.2, -0.15) is 0 Å². The Balaban J connectivity index is 2.02. The van der Waals surface area contributed by atoms with Crippen LogP contribution in [0.25, 0.3) is 6.08 Å². The molecule has 1 aliphatic rings. The van der Waals surface area contributed by atoms with Gasteiger partial charge < -0.3 is 9.84 Å². The monoisotopic (exact) mass is 311 g/mol. The fourth-order valence-electron chi connectivity index (χ4n) is 2.07. The highest BCUT2D eigenvalue weighted by molar-refractivity contribution is 7.89. The van der Waals surface area contributed by atoms with E-state index in [0.29, 0.717) is 18.4 Å².